The Morgan fingerprint density at radius 2 is 1.70 bits per heavy atom. The predicted octanol–water partition coefficient (Wildman–Crippen LogP) is -1.03. The quantitative estimate of drug-likeness (QED) is 0.571. The van der Waals surface area contributed by atoms with Gasteiger partial charge in [0.15, 0.2) is 0 Å². The highest BCUT2D eigenvalue weighted by molar-refractivity contribution is 5.86. The molecular formula is C11H18N2O7. The van der Waals surface area contributed by atoms with E-state index in [1.54, 1.807) is 0 Å². The molecule has 0 aromatic heterocycles. The molecule has 2 unspecified atom stereocenters. The number of likely N-dealkylation sites (tertiary alicyclic amines) is 1. The van der Waals surface area contributed by atoms with E-state index in [0.29, 0.717) is 0 Å². The largest absolute Gasteiger partial charge is 0.481 e. The molecule has 0 aromatic carbocycles. The molecule has 0 saturated carbocycles. The van der Waals surface area contributed by atoms with E-state index in [-0.39, 0.29) is 25.3 Å². The van der Waals surface area contributed by atoms with Gasteiger partial charge < -0.3 is 29.9 Å². The third kappa shape index (κ3) is 4.07. The van der Waals surface area contributed by atoms with Crippen molar-refractivity contribution in [1.29, 1.82) is 0 Å². The molecule has 1 aliphatic rings. The van der Waals surface area contributed by atoms with Crippen LogP contribution in [0, 0.1) is 0 Å². The standard InChI is InChI=1S/C11H18N2O7/c1-19-7-4-13(5-8(7)20-2)11(18)12-6(10(16)17)3-9(14)15/h6-8H,3-5H2,1-2H3,(H,12,18)(H,14,15)(H,16,17)/t6-,7?,8?/m1/s1. The third-order valence-corrected chi connectivity index (χ3v) is 3.08. The summed E-state index contributed by atoms with van der Waals surface area (Å²) in [6.07, 6.45) is -1.28. The fourth-order valence-corrected chi connectivity index (χ4v) is 1.98. The summed E-state index contributed by atoms with van der Waals surface area (Å²) in [4.78, 5) is 34.7. The van der Waals surface area contributed by atoms with Gasteiger partial charge in [0.2, 0.25) is 0 Å². The second-order valence-corrected chi connectivity index (χ2v) is 4.39. The van der Waals surface area contributed by atoms with Gasteiger partial charge in [-0.3, -0.25) is 4.79 Å². The number of methoxy groups -OCH3 is 2. The van der Waals surface area contributed by atoms with Gasteiger partial charge in [-0.1, -0.05) is 0 Å². The predicted molar refractivity (Wildman–Crippen MR) is 65.4 cm³/mol. The van der Waals surface area contributed by atoms with E-state index in [1.165, 1.54) is 19.1 Å². The Morgan fingerprint density at radius 3 is 2.05 bits per heavy atom. The molecule has 1 rings (SSSR count). The van der Waals surface area contributed by atoms with Crippen molar-refractivity contribution in [3.05, 3.63) is 0 Å². The van der Waals surface area contributed by atoms with E-state index < -0.39 is 30.4 Å². The lowest BCUT2D eigenvalue weighted by atomic mass is 10.2. The monoisotopic (exact) mass is 290 g/mol. The molecule has 114 valence electrons. The topological polar surface area (TPSA) is 125 Å². The van der Waals surface area contributed by atoms with E-state index in [4.69, 9.17) is 19.7 Å². The fourth-order valence-electron chi connectivity index (χ4n) is 1.98. The Morgan fingerprint density at radius 1 is 1.20 bits per heavy atom. The molecule has 2 amide bonds. The minimum atomic E-state index is -1.47. The lowest BCUT2D eigenvalue weighted by molar-refractivity contribution is -0.145. The Hall–Kier alpha value is -1.87. The second kappa shape index (κ2) is 7.06. The molecule has 3 atom stereocenters. The number of aliphatic carboxylic acids is 2. The van der Waals surface area contributed by atoms with E-state index in [1.807, 2.05) is 0 Å². The van der Waals surface area contributed by atoms with E-state index in [0.717, 1.165) is 0 Å². The van der Waals surface area contributed by atoms with E-state index in [2.05, 4.69) is 5.32 Å². The number of carboxylic acids is 2. The maximum atomic E-state index is 11.9. The summed E-state index contributed by atoms with van der Waals surface area (Å²) in [5.74, 6) is -2.70. The highest BCUT2D eigenvalue weighted by Crippen LogP contribution is 2.15. The first-order valence-corrected chi connectivity index (χ1v) is 5.94. The van der Waals surface area contributed by atoms with Crippen LogP contribution in [0.15, 0.2) is 0 Å². The third-order valence-electron chi connectivity index (χ3n) is 3.08. The van der Waals surface area contributed by atoms with Gasteiger partial charge in [-0.2, -0.15) is 0 Å². The van der Waals surface area contributed by atoms with Crippen LogP contribution in [0.3, 0.4) is 0 Å². The number of ether oxygens (including phenoxy) is 2. The number of nitrogens with one attached hydrogen (secondary N) is 1. The number of amides is 2. The molecule has 3 N–H and O–H groups in total. The molecule has 1 aliphatic heterocycles. The maximum Gasteiger partial charge on any atom is 0.326 e. The molecular weight excluding hydrogens is 272 g/mol. The molecule has 0 spiro atoms. The smallest absolute Gasteiger partial charge is 0.326 e. The Bertz CT molecular complexity index is 375. The van der Waals surface area contributed by atoms with Crippen molar-refractivity contribution in [3.8, 4) is 0 Å². The summed E-state index contributed by atoms with van der Waals surface area (Å²) in [6.45, 7) is 0.500. The van der Waals surface area contributed by atoms with Gasteiger partial charge in [0.05, 0.1) is 19.5 Å². The summed E-state index contributed by atoms with van der Waals surface area (Å²) in [7, 11) is 2.98. The second-order valence-electron chi connectivity index (χ2n) is 4.39. The molecule has 20 heavy (non-hydrogen) atoms. The average molecular weight is 290 g/mol. The molecule has 9 nitrogen and oxygen atoms in total. The molecule has 1 saturated heterocycles. The Labute approximate surface area is 115 Å². The number of hydrogen-bond donors (Lipinski definition) is 3. The van der Waals surface area contributed by atoms with Crippen molar-refractivity contribution in [1.82, 2.24) is 10.2 Å². The van der Waals surface area contributed by atoms with Crippen LogP contribution < -0.4 is 5.32 Å². The van der Waals surface area contributed by atoms with Crippen LogP contribution in [-0.4, -0.2) is 78.6 Å². The summed E-state index contributed by atoms with van der Waals surface area (Å²) in [5, 5.41) is 19.6. The van der Waals surface area contributed by atoms with Crippen LogP contribution in [0.4, 0.5) is 4.79 Å². The van der Waals surface area contributed by atoms with Gasteiger partial charge in [-0.25, -0.2) is 9.59 Å². The van der Waals surface area contributed by atoms with Crippen LogP contribution in [0.25, 0.3) is 0 Å². The van der Waals surface area contributed by atoms with Gasteiger partial charge in [0, 0.05) is 14.2 Å². The van der Waals surface area contributed by atoms with Gasteiger partial charge in [0.1, 0.15) is 18.2 Å². The zero-order valence-electron chi connectivity index (χ0n) is 11.2. The van der Waals surface area contributed by atoms with Gasteiger partial charge >= 0.3 is 18.0 Å². The summed E-state index contributed by atoms with van der Waals surface area (Å²) in [6, 6.07) is -2.12. The maximum absolute atomic E-state index is 11.9. The summed E-state index contributed by atoms with van der Waals surface area (Å²) >= 11 is 0. The lowest BCUT2D eigenvalue weighted by Crippen LogP contribution is -2.48. The fraction of sp³-hybridized carbons (Fsp3) is 0.727. The van der Waals surface area contributed by atoms with Crippen LogP contribution in [0.2, 0.25) is 0 Å². The van der Waals surface area contributed by atoms with Crippen molar-refractivity contribution >= 4 is 18.0 Å². The number of rotatable bonds is 6. The minimum absolute atomic E-state index is 0.250. The highest BCUT2D eigenvalue weighted by atomic mass is 16.5. The Kier molecular flexibility index (Phi) is 5.71. The van der Waals surface area contributed by atoms with Crippen LogP contribution in [-0.2, 0) is 19.1 Å². The SMILES string of the molecule is COC1CN(C(=O)N[C@H](CC(=O)O)C(=O)O)CC1OC. The van der Waals surface area contributed by atoms with E-state index >= 15 is 0 Å². The first kappa shape index (κ1) is 16.2. The van der Waals surface area contributed by atoms with Crippen LogP contribution >= 0.6 is 0 Å². The van der Waals surface area contributed by atoms with Crippen LogP contribution in [0.1, 0.15) is 6.42 Å². The van der Waals surface area contributed by atoms with Crippen molar-refractivity contribution in [2.75, 3.05) is 27.3 Å². The van der Waals surface area contributed by atoms with Crippen molar-refractivity contribution in [3.63, 3.8) is 0 Å². The molecule has 1 heterocycles. The summed E-state index contributed by atoms with van der Waals surface area (Å²) in [5.41, 5.74) is 0. The highest BCUT2D eigenvalue weighted by Gasteiger charge is 2.36. The minimum Gasteiger partial charge on any atom is -0.481 e. The first-order valence-electron chi connectivity index (χ1n) is 5.94. The molecule has 0 aromatic rings. The van der Waals surface area contributed by atoms with Crippen LogP contribution in [0.5, 0.6) is 0 Å². The number of hydrogen-bond acceptors (Lipinski definition) is 5. The number of carboxylic acid groups (broad SMARTS) is 2. The molecule has 0 radical (unpaired) electrons. The molecule has 1 fully saturated rings. The first-order chi connectivity index (χ1) is 9.38. The molecule has 9 heteroatoms. The number of nitrogens with zero attached hydrogens (tertiary/aromatic N) is 1. The van der Waals surface area contributed by atoms with Gasteiger partial charge in [0.25, 0.3) is 0 Å². The van der Waals surface area contributed by atoms with Gasteiger partial charge in [-0.15, -0.1) is 0 Å². The number of carbonyl (C=O) groups is 3. The van der Waals surface area contributed by atoms with E-state index in [9.17, 15) is 14.4 Å². The normalized spacial score (nSPS) is 23.4. The zero-order chi connectivity index (χ0) is 15.3. The average Bonchev–Trinajstić information content (AvgIpc) is 2.80. The lowest BCUT2D eigenvalue weighted by Gasteiger charge is -2.19. The zero-order valence-corrected chi connectivity index (χ0v) is 11.2. The summed E-state index contributed by atoms with van der Waals surface area (Å²) < 4.78 is 10.3. The number of urea groups is 1. The number of carbonyl (C=O) groups excluding carboxylic acids is 1. The van der Waals surface area contributed by atoms with Crippen molar-refractivity contribution in [2.24, 2.45) is 0 Å². The molecule has 0 aliphatic carbocycles. The molecule has 0 bridgehead atoms. The van der Waals surface area contributed by atoms with Crippen molar-refractivity contribution in [2.45, 2.75) is 24.7 Å². The Balaban J connectivity index is 2.61. The van der Waals surface area contributed by atoms with Gasteiger partial charge in [-0.05, 0) is 0 Å². The van der Waals surface area contributed by atoms with Crippen molar-refractivity contribution < 1.29 is 34.1 Å².